The van der Waals surface area contributed by atoms with Gasteiger partial charge in [0.15, 0.2) is 0 Å². The number of aliphatic imine (C=N–C) groups is 1. The smallest absolute Gasteiger partial charge is 0.244 e. The van der Waals surface area contributed by atoms with Crippen LogP contribution in [0, 0.1) is 0 Å². The highest BCUT2D eigenvalue weighted by molar-refractivity contribution is 6.06. The molecule has 0 spiro atoms. The summed E-state index contributed by atoms with van der Waals surface area (Å²) in [5, 5.41) is 2.64. The highest BCUT2D eigenvalue weighted by atomic mass is 16.2. The molecule has 0 aromatic rings. The van der Waals surface area contributed by atoms with E-state index >= 15 is 0 Å². The minimum Gasteiger partial charge on any atom is -0.386 e. The van der Waals surface area contributed by atoms with E-state index in [1.54, 1.807) is 0 Å². The molecule has 1 aliphatic rings. The van der Waals surface area contributed by atoms with Gasteiger partial charge in [0, 0.05) is 13.1 Å². The van der Waals surface area contributed by atoms with Gasteiger partial charge in [-0.1, -0.05) is 0 Å². The molecule has 0 aromatic heterocycles. The fourth-order valence-electron chi connectivity index (χ4n) is 0.841. The molecule has 11 heavy (non-hydrogen) atoms. The number of hydrogen-bond acceptors (Lipinski definition) is 4. The quantitative estimate of drug-likeness (QED) is 0.386. The number of nitrogens with two attached hydrogens (primary N) is 2. The zero-order valence-corrected chi connectivity index (χ0v) is 6.21. The van der Waals surface area contributed by atoms with E-state index in [0.717, 1.165) is 6.42 Å². The van der Waals surface area contributed by atoms with Crippen LogP contribution in [0.3, 0.4) is 0 Å². The second kappa shape index (κ2) is 3.34. The van der Waals surface area contributed by atoms with E-state index < -0.39 is 6.04 Å². The Morgan fingerprint density at radius 1 is 1.64 bits per heavy atom. The number of amides is 1. The minimum atomic E-state index is -0.768. The van der Waals surface area contributed by atoms with Crippen LogP contribution in [0.2, 0.25) is 0 Å². The molecule has 0 bridgehead atoms. The normalized spacial score (nSPS) is 26.5. The standard InChI is InChI=1S/C6H12N4O/c7-4-5(8)9-2-1-3-10-6(4)11/h4H,1-3,7H2,(H2,8,9)(H,10,11). The van der Waals surface area contributed by atoms with Gasteiger partial charge >= 0.3 is 0 Å². The minimum absolute atomic E-state index is 0.224. The molecule has 5 heteroatoms. The molecule has 1 unspecified atom stereocenters. The Morgan fingerprint density at radius 2 is 2.36 bits per heavy atom. The first-order valence-corrected chi connectivity index (χ1v) is 3.55. The molecule has 1 rings (SSSR count). The molecule has 1 amide bonds. The number of carbonyl (C=O) groups is 1. The first kappa shape index (κ1) is 8.00. The Balaban J connectivity index is 2.68. The third kappa shape index (κ3) is 1.91. The Labute approximate surface area is 64.8 Å². The molecule has 0 saturated heterocycles. The summed E-state index contributed by atoms with van der Waals surface area (Å²) in [6.45, 7) is 1.27. The van der Waals surface area contributed by atoms with E-state index in [2.05, 4.69) is 10.3 Å². The summed E-state index contributed by atoms with van der Waals surface area (Å²) in [6.07, 6.45) is 0.819. The second-order valence-corrected chi connectivity index (χ2v) is 2.43. The average molecular weight is 156 g/mol. The van der Waals surface area contributed by atoms with Gasteiger partial charge in [0.2, 0.25) is 5.91 Å². The van der Waals surface area contributed by atoms with E-state index in [1.807, 2.05) is 0 Å². The molecule has 0 aromatic carbocycles. The molecular formula is C6H12N4O. The van der Waals surface area contributed by atoms with Crippen molar-refractivity contribution in [3.05, 3.63) is 0 Å². The average Bonchev–Trinajstić information content (AvgIpc) is 2.00. The maximum atomic E-state index is 11.0. The molecule has 62 valence electrons. The van der Waals surface area contributed by atoms with Gasteiger partial charge < -0.3 is 16.8 Å². The Hall–Kier alpha value is -1.10. The summed E-state index contributed by atoms with van der Waals surface area (Å²) >= 11 is 0. The van der Waals surface area contributed by atoms with Crippen molar-refractivity contribution in [2.75, 3.05) is 13.1 Å². The molecule has 0 saturated carbocycles. The van der Waals surface area contributed by atoms with Gasteiger partial charge in [-0.3, -0.25) is 9.79 Å². The SMILES string of the molecule is NC1=NCCCNC(=O)C1N. The van der Waals surface area contributed by atoms with Crippen LogP contribution in [0.5, 0.6) is 0 Å². The Morgan fingerprint density at radius 3 is 3.09 bits per heavy atom. The summed E-state index contributed by atoms with van der Waals surface area (Å²) < 4.78 is 0. The van der Waals surface area contributed by atoms with Crippen LogP contribution in [0.1, 0.15) is 6.42 Å². The van der Waals surface area contributed by atoms with Crippen LogP contribution in [-0.2, 0) is 4.79 Å². The van der Waals surface area contributed by atoms with Gasteiger partial charge in [0.1, 0.15) is 11.9 Å². The van der Waals surface area contributed by atoms with Crippen molar-refractivity contribution in [1.29, 1.82) is 0 Å². The number of carbonyl (C=O) groups excluding carboxylic acids is 1. The van der Waals surface area contributed by atoms with Gasteiger partial charge in [-0.2, -0.15) is 0 Å². The van der Waals surface area contributed by atoms with Crippen LogP contribution >= 0.6 is 0 Å². The fourth-order valence-corrected chi connectivity index (χ4v) is 0.841. The summed E-state index contributed by atoms with van der Waals surface area (Å²) in [7, 11) is 0. The van der Waals surface area contributed by atoms with Gasteiger partial charge in [-0.15, -0.1) is 0 Å². The molecule has 1 heterocycles. The molecule has 5 N–H and O–H groups in total. The number of hydrogen-bond donors (Lipinski definition) is 3. The molecule has 1 aliphatic heterocycles. The number of amidine groups is 1. The van der Waals surface area contributed by atoms with Crippen molar-refractivity contribution in [3.8, 4) is 0 Å². The lowest BCUT2D eigenvalue weighted by atomic mass is 10.2. The lowest BCUT2D eigenvalue weighted by molar-refractivity contribution is -0.121. The van der Waals surface area contributed by atoms with Gasteiger partial charge in [-0.05, 0) is 6.42 Å². The monoisotopic (exact) mass is 156 g/mol. The molecule has 0 aliphatic carbocycles. The molecule has 0 fully saturated rings. The number of nitrogens with one attached hydrogen (secondary N) is 1. The maximum absolute atomic E-state index is 11.0. The maximum Gasteiger partial charge on any atom is 0.244 e. The largest absolute Gasteiger partial charge is 0.386 e. The van der Waals surface area contributed by atoms with Crippen molar-refractivity contribution < 1.29 is 4.79 Å². The zero-order chi connectivity index (χ0) is 8.27. The summed E-state index contributed by atoms with van der Waals surface area (Å²) in [5.41, 5.74) is 10.8. The van der Waals surface area contributed by atoms with Gasteiger partial charge in [0.25, 0.3) is 0 Å². The van der Waals surface area contributed by atoms with Crippen molar-refractivity contribution in [3.63, 3.8) is 0 Å². The lowest BCUT2D eigenvalue weighted by Gasteiger charge is -2.14. The fraction of sp³-hybridized carbons (Fsp3) is 0.667. The van der Waals surface area contributed by atoms with Crippen molar-refractivity contribution in [2.24, 2.45) is 16.5 Å². The number of nitrogens with zero attached hydrogens (tertiary/aromatic N) is 1. The highest BCUT2D eigenvalue weighted by Crippen LogP contribution is 1.89. The summed E-state index contributed by atoms with van der Waals surface area (Å²) in [5.74, 6) is -0.0202. The second-order valence-electron chi connectivity index (χ2n) is 2.43. The Bertz CT molecular complexity index is 189. The zero-order valence-electron chi connectivity index (χ0n) is 6.21. The van der Waals surface area contributed by atoms with Crippen LogP contribution < -0.4 is 16.8 Å². The predicted molar refractivity (Wildman–Crippen MR) is 42.1 cm³/mol. The first-order chi connectivity index (χ1) is 5.22. The van der Waals surface area contributed by atoms with E-state index in [0.29, 0.717) is 13.1 Å². The third-order valence-corrected chi connectivity index (χ3v) is 1.53. The van der Waals surface area contributed by atoms with Crippen LogP contribution in [0.15, 0.2) is 4.99 Å². The highest BCUT2D eigenvalue weighted by Gasteiger charge is 2.17. The van der Waals surface area contributed by atoms with E-state index in [-0.39, 0.29) is 11.7 Å². The van der Waals surface area contributed by atoms with E-state index in [9.17, 15) is 4.79 Å². The van der Waals surface area contributed by atoms with Crippen LogP contribution in [0.25, 0.3) is 0 Å². The number of rotatable bonds is 0. The van der Waals surface area contributed by atoms with Crippen molar-refractivity contribution >= 4 is 11.7 Å². The first-order valence-electron chi connectivity index (χ1n) is 3.55. The predicted octanol–water partition coefficient (Wildman–Crippen LogP) is -1.81. The van der Waals surface area contributed by atoms with Gasteiger partial charge in [0.05, 0.1) is 0 Å². The molecular weight excluding hydrogens is 144 g/mol. The van der Waals surface area contributed by atoms with Crippen molar-refractivity contribution in [1.82, 2.24) is 5.32 Å². The summed E-state index contributed by atoms with van der Waals surface area (Å²) in [6, 6.07) is -0.768. The summed E-state index contributed by atoms with van der Waals surface area (Å²) in [4.78, 5) is 14.9. The molecule has 0 radical (unpaired) electrons. The van der Waals surface area contributed by atoms with Crippen LogP contribution in [0.4, 0.5) is 0 Å². The molecule has 5 nitrogen and oxygen atoms in total. The molecule has 1 atom stereocenters. The van der Waals surface area contributed by atoms with E-state index in [1.165, 1.54) is 0 Å². The lowest BCUT2D eigenvalue weighted by Crippen LogP contribution is -2.50. The Kier molecular flexibility index (Phi) is 2.43. The van der Waals surface area contributed by atoms with Gasteiger partial charge in [-0.25, -0.2) is 0 Å². The van der Waals surface area contributed by atoms with Crippen molar-refractivity contribution in [2.45, 2.75) is 12.5 Å². The van der Waals surface area contributed by atoms with E-state index in [4.69, 9.17) is 11.5 Å². The third-order valence-electron chi connectivity index (χ3n) is 1.53. The van der Waals surface area contributed by atoms with Crippen LogP contribution in [-0.4, -0.2) is 30.9 Å². The topological polar surface area (TPSA) is 93.5 Å².